The minimum Gasteiger partial charge on any atom is -0.388 e. The molecule has 0 saturated carbocycles. The van der Waals surface area contributed by atoms with Crippen LogP contribution in [0.3, 0.4) is 0 Å². The summed E-state index contributed by atoms with van der Waals surface area (Å²) < 4.78 is 17.6. The number of thiophene rings is 1. The smallest absolute Gasteiger partial charge is 0.354 e. The number of hydrogen-bond acceptors (Lipinski definition) is 4. The van der Waals surface area contributed by atoms with E-state index in [4.69, 9.17) is 5.14 Å². The zero-order valence-corrected chi connectivity index (χ0v) is 17.8. The molecule has 2 amide bonds. The van der Waals surface area contributed by atoms with Crippen LogP contribution in [0.15, 0.2) is 20.0 Å². The first-order valence-electron chi connectivity index (χ1n) is 10.2. The second-order valence-corrected chi connectivity index (χ2v) is 11.1. The molecule has 6 nitrogen and oxygen atoms in total. The molecule has 1 aromatic carbocycles. The molecule has 154 valence electrons. The summed E-state index contributed by atoms with van der Waals surface area (Å²) in [6.45, 7) is 0. The summed E-state index contributed by atoms with van der Waals surface area (Å²) in [5, 5.41) is 21.3. The lowest BCUT2D eigenvalue weighted by atomic mass is 9.96. The molecule has 2 unspecified atom stereocenters. The lowest BCUT2D eigenvalue weighted by Gasteiger charge is -2.16. The molecule has 2 aromatic rings. The van der Waals surface area contributed by atoms with Crippen LogP contribution in [-0.2, 0) is 42.0 Å². The van der Waals surface area contributed by atoms with Crippen LogP contribution in [0.25, 0.3) is 0 Å². The first kappa shape index (κ1) is 19.2. The van der Waals surface area contributed by atoms with Gasteiger partial charge in [-0.25, -0.2) is 14.1 Å². The predicted molar refractivity (Wildman–Crippen MR) is 115 cm³/mol. The van der Waals surface area contributed by atoms with Crippen molar-refractivity contribution < 1.29 is 14.1 Å². The highest BCUT2D eigenvalue weighted by Crippen LogP contribution is 2.42. The summed E-state index contributed by atoms with van der Waals surface area (Å²) in [5.74, 6) is 0. The SMILES string of the molecule is NS(=O)(=NC(=O)Nc1c2c(cc3c1CCC3O)CCC2)c1scc2c1CCCC2. The van der Waals surface area contributed by atoms with E-state index in [2.05, 4.69) is 15.7 Å². The number of nitrogens with zero attached hydrogens (tertiary/aromatic N) is 1. The van der Waals surface area contributed by atoms with E-state index in [1.54, 1.807) is 0 Å². The summed E-state index contributed by atoms with van der Waals surface area (Å²) in [6.07, 6.45) is 7.75. The van der Waals surface area contributed by atoms with Gasteiger partial charge in [0.2, 0.25) is 0 Å². The molecule has 29 heavy (non-hydrogen) atoms. The molecule has 0 aliphatic heterocycles. The molecule has 5 rings (SSSR count). The van der Waals surface area contributed by atoms with Crippen molar-refractivity contribution in [2.75, 3.05) is 5.32 Å². The van der Waals surface area contributed by atoms with Gasteiger partial charge in [-0.05, 0) is 96.5 Å². The van der Waals surface area contributed by atoms with Crippen LogP contribution in [0, 0.1) is 0 Å². The third kappa shape index (κ3) is 3.32. The first-order valence-corrected chi connectivity index (χ1v) is 12.7. The Morgan fingerprint density at radius 2 is 1.86 bits per heavy atom. The Bertz CT molecular complexity index is 1130. The number of nitrogens with two attached hydrogens (primary N) is 1. The molecule has 3 aliphatic rings. The second kappa shape index (κ2) is 7.19. The fourth-order valence-corrected chi connectivity index (χ4v) is 7.65. The van der Waals surface area contributed by atoms with Gasteiger partial charge in [0.1, 0.15) is 4.21 Å². The van der Waals surface area contributed by atoms with Gasteiger partial charge in [0, 0.05) is 5.69 Å². The summed E-state index contributed by atoms with van der Waals surface area (Å²) in [4.78, 5) is 12.8. The largest absolute Gasteiger partial charge is 0.388 e. The number of amides is 2. The predicted octanol–water partition coefficient (Wildman–Crippen LogP) is 4.03. The Labute approximate surface area is 174 Å². The Balaban J connectivity index is 1.50. The standard InChI is InChI=1S/C21H25N3O3S2/c22-29(27,20-15-6-2-1-4-13(15)11-28-20)24-21(26)23-19-14-7-3-5-12(14)10-17-16(19)8-9-18(17)25/h10-11,18,25H,1-9H2,(H3,22,23,24,26,27). The Morgan fingerprint density at radius 3 is 2.72 bits per heavy atom. The lowest BCUT2D eigenvalue weighted by molar-refractivity contribution is 0.180. The number of aliphatic hydroxyl groups is 1. The van der Waals surface area contributed by atoms with Gasteiger partial charge in [-0.2, -0.15) is 0 Å². The van der Waals surface area contributed by atoms with Crippen LogP contribution in [0.1, 0.15) is 65.2 Å². The normalized spacial score (nSPS) is 21.8. The molecule has 3 aliphatic carbocycles. The molecule has 8 heteroatoms. The van der Waals surface area contributed by atoms with Gasteiger partial charge in [0.05, 0.1) is 6.10 Å². The Kier molecular flexibility index (Phi) is 4.77. The van der Waals surface area contributed by atoms with E-state index in [0.29, 0.717) is 10.6 Å². The minimum absolute atomic E-state index is 0.486. The molecule has 0 fully saturated rings. The number of carbonyl (C=O) groups is 1. The number of anilines is 1. The number of aryl methyl sites for hydroxylation is 2. The first-order chi connectivity index (χ1) is 13.9. The number of hydrogen-bond donors (Lipinski definition) is 3. The van der Waals surface area contributed by atoms with Crippen molar-refractivity contribution in [3.8, 4) is 0 Å². The molecule has 1 aromatic heterocycles. The monoisotopic (exact) mass is 431 g/mol. The van der Waals surface area contributed by atoms with Crippen molar-refractivity contribution in [3.63, 3.8) is 0 Å². The average molecular weight is 432 g/mol. The van der Waals surface area contributed by atoms with Gasteiger partial charge in [-0.15, -0.1) is 15.7 Å². The highest BCUT2D eigenvalue weighted by atomic mass is 32.2. The van der Waals surface area contributed by atoms with Crippen molar-refractivity contribution in [3.05, 3.63) is 44.8 Å². The molecule has 0 spiro atoms. The van der Waals surface area contributed by atoms with Gasteiger partial charge >= 0.3 is 6.03 Å². The van der Waals surface area contributed by atoms with Crippen molar-refractivity contribution in [2.45, 2.75) is 68.1 Å². The average Bonchev–Trinajstić information content (AvgIpc) is 3.40. The topological polar surface area (TPSA) is 105 Å². The molecule has 0 radical (unpaired) electrons. The van der Waals surface area contributed by atoms with Gasteiger partial charge in [-0.3, -0.25) is 0 Å². The summed E-state index contributed by atoms with van der Waals surface area (Å²) in [6, 6.07) is 1.42. The molecule has 0 saturated heterocycles. The van der Waals surface area contributed by atoms with Crippen molar-refractivity contribution in [2.24, 2.45) is 9.50 Å². The fraction of sp³-hybridized carbons (Fsp3) is 0.476. The van der Waals surface area contributed by atoms with Crippen molar-refractivity contribution in [1.29, 1.82) is 0 Å². The van der Waals surface area contributed by atoms with E-state index < -0.39 is 22.1 Å². The molecule has 2 atom stereocenters. The molecule has 4 N–H and O–H groups in total. The number of fused-ring (bicyclic) bond motifs is 3. The zero-order chi connectivity index (χ0) is 20.2. The molecule has 0 bridgehead atoms. The van der Waals surface area contributed by atoms with Crippen LogP contribution < -0.4 is 10.5 Å². The quantitative estimate of drug-likeness (QED) is 0.668. The van der Waals surface area contributed by atoms with Crippen LogP contribution in [-0.4, -0.2) is 15.3 Å². The van der Waals surface area contributed by atoms with Crippen LogP contribution >= 0.6 is 11.3 Å². The van der Waals surface area contributed by atoms with E-state index in [9.17, 15) is 14.1 Å². The highest BCUT2D eigenvalue weighted by Gasteiger charge is 2.30. The molecule has 1 heterocycles. The van der Waals surface area contributed by atoms with E-state index in [-0.39, 0.29) is 0 Å². The van der Waals surface area contributed by atoms with Crippen LogP contribution in [0.5, 0.6) is 0 Å². The zero-order valence-electron chi connectivity index (χ0n) is 16.2. The summed E-state index contributed by atoms with van der Waals surface area (Å²) in [7, 11) is -3.28. The highest BCUT2D eigenvalue weighted by molar-refractivity contribution is 7.93. The maximum atomic E-state index is 13.2. The minimum atomic E-state index is -3.28. The number of carbonyl (C=O) groups excluding carboxylic acids is 1. The van der Waals surface area contributed by atoms with Crippen molar-refractivity contribution in [1.82, 2.24) is 0 Å². The van der Waals surface area contributed by atoms with Crippen LogP contribution in [0.2, 0.25) is 0 Å². The second-order valence-electron chi connectivity index (χ2n) is 8.19. The maximum Gasteiger partial charge on any atom is 0.354 e. The number of nitrogens with one attached hydrogen (secondary N) is 1. The van der Waals surface area contributed by atoms with Crippen molar-refractivity contribution >= 4 is 33.0 Å². The van der Waals surface area contributed by atoms with Gasteiger partial charge in [0.15, 0.2) is 9.92 Å². The number of urea groups is 1. The Morgan fingerprint density at radius 1 is 1.10 bits per heavy atom. The molecular weight excluding hydrogens is 406 g/mol. The lowest BCUT2D eigenvalue weighted by Crippen LogP contribution is -2.19. The number of aliphatic hydroxyl groups excluding tert-OH is 1. The third-order valence-corrected chi connectivity index (χ3v) is 9.43. The maximum absolute atomic E-state index is 13.2. The number of rotatable bonds is 2. The van der Waals surface area contributed by atoms with Crippen LogP contribution in [0.4, 0.5) is 10.5 Å². The molecular formula is C21H25N3O3S2. The van der Waals surface area contributed by atoms with E-state index in [1.165, 1.54) is 22.5 Å². The van der Waals surface area contributed by atoms with Gasteiger partial charge < -0.3 is 10.4 Å². The Hall–Kier alpha value is -1.74. The van der Waals surface area contributed by atoms with E-state index >= 15 is 0 Å². The van der Waals surface area contributed by atoms with Gasteiger partial charge in [0.25, 0.3) is 0 Å². The van der Waals surface area contributed by atoms with E-state index in [0.717, 1.165) is 79.3 Å². The third-order valence-electron chi connectivity index (χ3n) is 6.35. The number of benzene rings is 1. The summed E-state index contributed by atoms with van der Waals surface area (Å²) in [5.41, 5.74) is 7.16. The fourth-order valence-electron chi connectivity index (χ4n) is 4.99. The summed E-state index contributed by atoms with van der Waals surface area (Å²) >= 11 is 1.35. The van der Waals surface area contributed by atoms with E-state index in [1.807, 2.05) is 5.38 Å². The van der Waals surface area contributed by atoms with Gasteiger partial charge in [-0.1, -0.05) is 6.07 Å².